The Kier molecular flexibility index (Phi) is 4.42. The summed E-state index contributed by atoms with van der Waals surface area (Å²) >= 11 is 1.73. The number of thioether (sulfide) groups is 1. The Morgan fingerprint density at radius 2 is 1.78 bits per heavy atom. The van der Waals surface area contributed by atoms with Gasteiger partial charge in [-0.15, -0.1) is 11.8 Å². The van der Waals surface area contributed by atoms with Crippen LogP contribution in [0.15, 0.2) is 53.4 Å². The van der Waals surface area contributed by atoms with Gasteiger partial charge in [0, 0.05) is 11.4 Å². The first-order valence-electron chi connectivity index (χ1n) is 5.93. The van der Waals surface area contributed by atoms with Crippen molar-refractivity contribution >= 4 is 11.8 Å². The van der Waals surface area contributed by atoms with Crippen LogP contribution in [-0.4, -0.2) is 6.26 Å². The van der Waals surface area contributed by atoms with Crippen LogP contribution in [0.5, 0.6) is 0 Å². The molecule has 0 fully saturated rings. The molecule has 0 heterocycles. The van der Waals surface area contributed by atoms with Crippen LogP contribution in [-0.2, 0) is 6.54 Å². The Bertz CT molecular complexity index is 508. The third kappa shape index (κ3) is 2.93. The van der Waals surface area contributed by atoms with Crippen molar-refractivity contribution in [2.24, 2.45) is 11.5 Å². The van der Waals surface area contributed by atoms with E-state index in [1.54, 1.807) is 11.8 Å². The molecule has 1 unspecified atom stereocenters. The number of benzene rings is 2. The van der Waals surface area contributed by atoms with Crippen LogP contribution >= 0.6 is 11.8 Å². The van der Waals surface area contributed by atoms with Gasteiger partial charge < -0.3 is 11.5 Å². The zero-order valence-electron chi connectivity index (χ0n) is 10.5. The van der Waals surface area contributed by atoms with Gasteiger partial charge in [-0.2, -0.15) is 0 Å². The van der Waals surface area contributed by atoms with E-state index in [1.165, 1.54) is 4.90 Å². The van der Waals surface area contributed by atoms with Gasteiger partial charge in [-0.3, -0.25) is 0 Å². The Morgan fingerprint density at radius 1 is 1.06 bits per heavy atom. The van der Waals surface area contributed by atoms with Crippen molar-refractivity contribution in [3.8, 4) is 0 Å². The second-order valence-electron chi connectivity index (χ2n) is 4.20. The van der Waals surface area contributed by atoms with E-state index in [9.17, 15) is 0 Å². The molecule has 2 rings (SSSR count). The van der Waals surface area contributed by atoms with E-state index in [0.717, 1.165) is 16.7 Å². The fourth-order valence-corrected chi connectivity index (χ4v) is 2.33. The minimum absolute atomic E-state index is 0.0904. The van der Waals surface area contributed by atoms with Crippen molar-refractivity contribution in [2.45, 2.75) is 17.5 Å². The third-order valence-electron chi connectivity index (χ3n) is 3.02. The van der Waals surface area contributed by atoms with Crippen LogP contribution in [0, 0.1) is 0 Å². The van der Waals surface area contributed by atoms with E-state index < -0.39 is 0 Å². The third-order valence-corrected chi connectivity index (χ3v) is 3.76. The maximum atomic E-state index is 6.28. The SMILES string of the molecule is CSc1ccc(C(N)c2cccc(CN)c2)cc1. The molecule has 2 aromatic rings. The number of hydrogen-bond donors (Lipinski definition) is 2. The fourth-order valence-electron chi connectivity index (χ4n) is 1.92. The van der Waals surface area contributed by atoms with Crippen molar-refractivity contribution in [3.63, 3.8) is 0 Å². The normalized spacial score (nSPS) is 12.4. The summed E-state index contributed by atoms with van der Waals surface area (Å²) in [6.07, 6.45) is 2.07. The van der Waals surface area contributed by atoms with E-state index in [4.69, 9.17) is 11.5 Å². The summed E-state index contributed by atoms with van der Waals surface area (Å²) in [5.74, 6) is 0. The van der Waals surface area contributed by atoms with Gasteiger partial charge in [-0.25, -0.2) is 0 Å². The second kappa shape index (κ2) is 6.05. The van der Waals surface area contributed by atoms with Crippen LogP contribution in [0.2, 0.25) is 0 Å². The highest BCUT2D eigenvalue weighted by Gasteiger charge is 2.08. The molecule has 0 amide bonds. The molecular weight excluding hydrogens is 240 g/mol. The van der Waals surface area contributed by atoms with Gasteiger partial charge in [0.1, 0.15) is 0 Å². The van der Waals surface area contributed by atoms with Crippen molar-refractivity contribution in [1.82, 2.24) is 0 Å². The molecule has 4 N–H and O–H groups in total. The molecular formula is C15H18N2S. The molecule has 0 saturated heterocycles. The van der Waals surface area contributed by atoms with E-state index in [2.05, 4.69) is 36.6 Å². The smallest absolute Gasteiger partial charge is 0.0551 e. The first kappa shape index (κ1) is 13.1. The molecule has 0 aliphatic carbocycles. The van der Waals surface area contributed by atoms with Crippen LogP contribution in [0.25, 0.3) is 0 Å². The summed E-state index contributed by atoms with van der Waals surface area (Å²) in [5.41, 5.74) is 15.3. The Balaban J connectivity index is 2.25. The lowest BCUT2D eigenvalue weighted by atomic mass is 9.98. The summed E-state index contributed by atoms with van der Waals surface area (Å²) in [6.45, 7) is 0.548. The molecule has 2 nitrogen and oxygen atoms in total. The summed E-state index contributed by atoms with van der Waals surface area (Å²) < 4.78 is 0. The van der Waals surface area contributed by atoms with Gasteiger partial charge in [0.05, 0.1) is 6.04 Å². The number of hydrogen-bond acceptors (Lipinski definition) is 3. The average molecular weight is 258 g/mol. The van der Waals surface area contributed by atoms with Crippen LogP contribution in [0.1, 0.15) is 22.7 Å². The molecule has 0 radical (unpaired) electrons. The van der Waals surface area contributed by atoms with Crippen molar-refractivity contribution < 1.29 is 0 Å². The highest BCUT2D eigenvalue weighted by Crippen LogP contribution is 2.23. The van der Waals surface area contributed by atoms with Crippen molar-refractivity contribution in [2.75, 3.05) is 6.26 Å². The van der Waals surface area contributed by atoms with E-state index in [0.29, 0.717) is 6.54 Å². The summed E-state index contributed by atoms with van der Waals surface area (Å²) in [7, 11) is 0. The number of rotatable bonds is 4. The first-order chi connectivity index (χ1) is 8.74. The van der Waals surface area contributed by atoms with Gasteiger partial charge in [0.25, 0.3) is 0 Å². The quantitative estimate of drug-likeness (QED) is 0.829. The van der Waals surface area contributed by atoms with Gasteiger partial charge in [-0.1, -0.05) is 36.4 Å². The molecule has 0 aromatic heterocycles. The monoisotopic (exact) mass is 258 g/mol. The lowest BCUT2D eigenvalue weighted by Gasteiger charge is -2.14. The maximum absolute atomic E-state index is 6.28. The minimum Gasteiger partial charge on any atom is -0.326 e. The summed E-state index contributed by atoms with van der Waals surface area (Å²) in [4.78, 5) is 1.25. The van der Waals surface area contributed by atoms with Gasteiger partial charge in [0.2, 0.25) is 0 Å². The highest BCUT2D eigenvalue weighted by atomic mass is 32.2. The standard InChI is InChI=1S/C15H18N2S/c1-18-14-7-5-12(6-8-14)15(17)13-4-2-3-11(9-13)10-16/h2-9,15H,10,16-17H2,1H3. The Hall–Kier alpha value is -1.29. The van der Waals surface area contributed by atoms with E-state index in [-0.39, 0.29) is 6.04 Å². The molecule has 18 heavy (non-hydrogen) atoms. The molecule has 0 aliphatic heterocycles. The van der Waals surface area contributed by atoms with E-state index >= 15 is 0 Å². The Labute approximate surface area is 112 Å². The second-order valence-corrected chi connectivity index (χ2v) is 5.08. The van der Waals surface area contributed by atoms with Crippen LogP contribution < -0.4 is 11.5 Å². The van der Waals surface area contributed by atoms with E-state index in [1.807, 2.05) is 18.2 Å². The molecule has 0 bridgehead atoms. The zero-order chi connectivity index (χ0) is 13.0. The van der Waals surface area contributed by atoms with Gasteiger partial charge in [-0.05, 0) is 35.1 Å². The van der Waals surface area contributed by atoms with Crippen LogP contribution in [0.3, 0.4) is 0 Å². The average Bonchev–Trinajstić information content (AvgIpc) is 2.46. The Morgan fingerprint density at radius 3 is 2.39 bits per heavy atom. The molecule has 3 heteroatoms. The van der Waals surface area contributed by atoms with Gasteiger partial charge in [0.15, 0.2) is 0 Å². The lowest BCUT2D eigenvalue weighted by Crippen LogP contribution is -2.12. The molecule has 0 spiro atoms. The van der Waals surface area contributed by atoms with Gasteiger partial charge >= 0.3 is 0 Å². The highest BCUT2D eigenvalue weighted by molar-refractivity contribution is 7.98. The molecule has 94 valence electrons. The zero-order valence-corrected chi connectivity index (χ0v) is 11.3. The largest absolute Gasteiger partial charge is 0.326 e. The predicted octanol–water partition coefficient (Wildman–Crippen LogP) is 2.92. The van der Waals surface area contributed by atoms with Crippen molar-refractivity contribution in [3.05, 3.63) is 65.2 Å². The fraction of sp³-hybridized carbons (Fsp3) is 0.200. The summed E-state index contributed by atoms with van der Waals surface area (Å²) in [6, 6.07) is 16.4. The van der Waals surface area contributed by atoms with Crippen molar-refractivity contribution in [1.29, 1.82) is 0 Å². The molecule has 0 saturated carbocycles. The molecule has 2 aromatic carbocycles. The summed E-state index contributed by atoms with van der Waals surface area (Å²) in [5, 5.41) is 0. The first-order valence-corrected chi connectivity index (χ1v) is 7.15. The lowest BCUT2D eigenvalue weighted by molar-refractivity contribution is 0.864. The topological polar surface area (TPSA) is 52.0 Å². The minimum atomic E-state index is -0.0904. The number of nitrogens with two attached hydrogens (primary N) is 2. The predicted molar refractivity (Wildman–Crippen MR) is 78.6 cm³/mol. The van der Waals surface area contributed by atoms with Crippen LogP contribution in [0.4, 0.5) is 0 Å². The maximum Gasteiger partial charge on any atom is 0.0551 e. The molecule has 0 aliphatic rings. The molecule has 1 atom stereocenters.